The Morgan fingerprint density at radius 2 is 2.11 bits per heavy atom. The van der Waals surface area contributed by atoms with Crippen LogP contribution >= 0.6 is 15.9 Å². The molecule has 1 fully saturated rings. The number of piperidine rings is 1. The molecule has 1 aliphatic heterocycles. The summed E-state index contributed by atoms with van der Waals surface area (Å²) in [4.78, 5) is 24.7. The van der Waals surface area contributed by atoms with Gasteiger partial charge >= 0.3 is 6.09 Å². The smallest absolute Gasteiger partial charge is 0.407 e. The highest BCUT2D eigenvalue weighted by Crippen LogP contribution is 2.22. The van der Waals surface area contributed by atoms with E-state index in [9.17, 15) is 9.59 Å². The number of likely N-dealkylation sites (tertiary alicyclic amines) is 1. The molecular formula is C13H14BrNO3. The third kappa shape index (κ3) is 2.72. The molecule has 1 saturated heterocycles. The highest BCUT2D eigenvalue weighted by Gasteiger charge is 2.32. The maximum absolute atomic E-state index is 12.3. The fourth-order valence-corrected chi connectivity index (χ4v) is 2.67. The third-order valence-electron chi connectivity index (χ3n) is 3.16. The molecule has 2 rings (SSSR count). The standard InChI is InChI=1S/C13H14BrNO3/c14-10-5-3-4-9(8-10)12(16)11-6-1-2-7-15(11)13(17)18/h3-5,8,11H,1-2,6-7H2,(H,17,18). The summed E-state index contributed by atoms with van der Waals surface area (Å²) in [6.45, 7) is 0.444. The minimum absolute atomic E-state index is 0.113. The number of nitrogens with zero attached hydrogens (tertiary/aromatic N) is 1. The van der Waals surface area contributed by atoms with Crippen LogP contribution in [0.3, 0.4) is 0 Å². The number of carboxylic acid groups (broad SMARTS) is 1. The summed E-state index contributed by atoms with van der Waals surface area (Å²) in [7, 11) is 0. The van der Waals surface area contributed by atoms with Crippen LogP contribution in [0.2, 0.25) is 0 Å². The van der Waals surface area contributed by atoms with Crippen LogP contribution in [0.15, 0.2) is 28.7 Å². The molecular weight excluding hydrogens is 298 g/mol. The molecule has 0 bridgehead atoms. The number of carbonyl (C=O) groups excluding carboxylic acids is 1. The summed E-state index contributed by atoms with van der Waals surface area (Å²) in [6.07, 6.45) is 1.32. The predicted octanol–water partition coefficient (Wildman–Crippen LogP) is 3.16. The molecule has 96 valence electrons. The van der Waals surface area contributed by atoms with Crippen LogP contribution in [-0.4, -0.2) is 34.5 Å². The number of halogens is 1. The van der Waals surface area contributed by atoms with Gasteiger partial charge in [-0.2, -0.15) is 0 Å². The maximum atomic E-state index is 12.3. The quantitative estimate of drug-likeness (QED) is 0.853. The van der Waals surface area contributed by atoms with E-state index < -0.39 is 12.1 Å². The van der Waals surface area contributed by atoms with Crippen molar-refractivity contribution in [3.63, 3.8) is 0 Å². The number of amides is 1. The van der Waals surface area contributed by atoms with Gasteiger partial charge in [0.1, 0.15) is 0 Å². The average Bonchev–Trinajstić information content (AvgIpc) is 2.38. The van der Waals surface area contributed by atoms with Crippen LogP contribution in [0.1, 0.15) is 29.6 Å². The van der Waals surface area contributed by atoms with Gasteiger partial charge in [0.25, 0.3) is 0 Å². The monoisotopic (exact) mass is 311 g/mol. The van der Waals surface area contributed by atoms with Gasteiger partial charge in [-0.15, -0.1) is 0 Å². The molecule has 5 heteroatoms. The van der Waals surface area contributed by atoms with E-state index in [0.717, 1.165) is 17.3 Å². The van der Waals surface area contributed by atoms with Crippen LogP contribution < -0.4 is 0 Å². The number of hydrogen-bond acceptors (Lipinski definition) is 2. The van der Waals surface area contributed by atoms with E-state index >= 15 is 0 Å². The summed E-state index contributed by atoms with van der Waals surface area (Å²) < 4.78 is 0.825. The third-order valence-corrected chi connectivity index (χ3v) is 3.65. The molecule has 1 aromatic carbocycles. The summed E-state index contributed by atoms with van der Waals surface area (Å²) in [5.74, 6) is -0.113. The fourth-order valence-electron chi connectivity index (χ4n) is 2.27. The summed E-state index contributed by atoms with van der Waals surface area (Å²) in [5.41, 5.74) is 0.558. The molecule has 0 aromatic heterocycles. The predicted molar refractivity (Wildman–Crippen MR) is 70.8 cm³/mol. The molecule has 1 aromatic rings. The van der Waals surface area contributed by atoms with E-state index in [2.05, 4.69) is 15.9 Å². The van der Waals surface area contributed by atoms with Crippen LogP contribution in [0.25, 0.3) is 0 Å². The lowest BCUT2D eigenvalue weighted by Gasteiger charge is -2.32. The molecule has 1 atom stereocenters. The van der Waals surface area contributed by atoms with Gasteiger partial charge in [-0.25, -0.2) is 4.79 Å². The molecule has 1 amide bonds. The van der Waals surface area contributed by atoms with Crippen molar-refractivity contribution in [3.05, 3.63) is 34.3 Å². The molecule has 1 unspecified atom stereocenters. The summed E-state index contributed by atoms with van der Waals surface area (Å²) in [6, 6.07) is 6.54. The first kappa shape index (κ1) is 13.1. The van der Waals surface area contributed by atoms with Crippen molar-refractivity contribution >= 4 is 27.8 Å². The van der Waals surface area contributed by atoms with E-state index in [1.165, 1.54) is 4.90 Å². The second-order valence-electron chi connectivity index (χ2n) is 4.36. The van der Waals surface area contributed by atoms with Crippen LogP contribution in [-0.2, 0) is 0 Å². The lowest BCUT2D eigenvalue weighted by molar-refractivity contribution is 0.0714. The molecule has 0 saturated carbocycles. The van der Waals surface area contributed by atoms with Crippen molar-refractivity contribution in [3.8, 4) is 0 Å². The van der Waals surface area contributed by atoms with Crippen LogP contribution in [0.4, 0.5) is 4.79 Å². The minimum atomic E-state index is -1.01. The molecule has 4 nitrogen and oxygen atoms in total. The molecule has 0 aliphatic carbocycles. The van der Waals surface area contributed by atoms with E-state index in [1.807, 2.05) is 6.07 Å². The first-order chi connectivity index (χ1) is 8.59. The topological polar surface area (TPSA) is 57.6 Å². The Balaban J connectivity index is 2.23. The van der Waals surface area contributed by atoms with Crippen molar-refractivity contribution in [2.24, 2.45) is 0 Å². The zero-order valence-electron chi connectivity index (χ0n) is 9.80. The van der Waals surface area contributed by atoms with Gasteiger partial charge in [-0.1, -0.05) is 28.1 Å². The Kier molecular flexibility index (Phi) is 4.01. The Hall–Kier alpha value is -1.36. The van der Waals surface area contributed by atoms with Crippen molar-refractivity contribution in [1.82, 2.24) is 4.90 Å². The maximum Gasteiger partial charge on any atom is 0.407 e. The highest BCUT2D eigenvalue weighted by atomic mass is 79.9. The van der Waals surface area contributed by atoms with E-state index in [0.29, 0.717) is 18.5 Å². The van der Waals surface area contributed by atoms with Gasteiger partial charge in [-0.3, -0.25) is 9.69 Å². The first-order valence-corrected chi connectivity index (χ1v) is 6.68. The van der Waals surface area contributed by atoms with Gasteiger partial charge in [0.05, 0.1) is 6.04 Å². The minimum Gasteiger partial charge on any atom is -0.465 e. The fraction of sp³-hybridized carbons (Fsp3) is 0.385. The largest absolute Gasteiger partial charge is 0.465 e. The highest BCUT2D eigenvalue weighted by molar-refractivity contribution is 9.10. The first-order valence-electron chi connectivity index (χ1n) is 5.89. The summed E-state index contributed by atoms with van der Waals surface area (Å²) >= 11 is 3.32. The number of ketones is 1. The Bertz CT molecular complexity index is 475. The van der Waals surface area contributed by atoms with Gasteiger partial charge in [0.2, 0.25) is 0 Å². The zero-order chi connectivity index (χ0) is 13.1. The van der Waals surface area contributed by atoms with Crippen molar-refractivity contribution in [2.75, 3.05) is 6.54 Å². The number of rotatable bonds is 2. The Morgan fingerprint density at radius 3 is 2.78 bits per heavy atom. The van der Waals surface area contributed by atoms with Crippen LogP contribution in [0.5, 0.6) is 0 Å². The van der Waals surface area contributed by atoms with Crippen molar-refractivity contribution in [2.45, 2.75) is 25.3 Å². The van der Waals surface area contributed by atoms with E-state index in [-0.39, 0.29) is 5.78 Å². The number of Topliss-reactive ketones (excluding diaryl/α,β-unsaturated/α-hetero) is 1. The average molecular weight is 312 g/mol. The zero-order valence-corrected chi connectivity index (χ0v) is 11.4. The molecule has 1 N–H and O–H groups in total. The van der Waals surface area contributed by atoms with Gasteiger partial charge < -0.3 is 5.11 Å². The van der Waals surface area contributed by atoms with Crippen LogP contribution in [0, 0.1) is 0 Å². The van der Waals surface area contributed by atoms with Crippen molar-refractivity contribution in [1.29, 1.82) is 0 Å². The van der Waals surface area contributed by atoms with E-state index in [1.54, 1.807) is 18.2 Å². The Morgan fingerprint density at radius 1 is 1.33 bits per heavy atom. The van der Waals surface area contributed by atoms with Gasteiger partial charge in [0.15, 0.2) is 5.78 Å². The Labute approximate surface area is 114 Å². The second kappa shape index (κ2) is 5.52. The summed E-state index contributed by atoms with van der Waals surface area (Å²) in [5, 5.41) is 9.12. The lowest BCUT2D eigenvalue weighted by atomic mass is 9.95. The SMILES string of the molecule is O=C(c1cccc(Br)c1)C1CCCCN1C(=O)O. The molecule has 1 aliphatic rings. The molecule has 18 heavy (non-hydrogen) atoms. The van der Waals surface area contributed by atoms with E-state index in [4.69, 9.17) is 5.11 Å². The number of carbonyl (C=O) groups is 2. The van der Waals surface area contributed by atoms with Gasteiger partial charge in [-0.05, 0) is 31.4 Å². The normalized spacial score (nSPS) is 19.6. The van der Waals surface area contributed by atoms with Crippen molar-refractivity contribution < 1.29 is 14.7 Å². The number of benzene rings is 1. The molecule has 0 radical (unpaired) electrons. The molecule has 0 spiro atoms. The lowest BCUT2D eigenvalue weighted by Crippen LogP contribution is -2.47. The molecule has 1 heterocycles. The number of hydrogen-bond donors (Lipinski definition) is 1. The second-order valence-corrected chi connectivity index (χ2v) is 5.28. The van der Waals surface area contributed by atoms with Gasteiger partial charge in [0, 0.05) is 16.6 Å².